The van der Waals surface area contributed by atoms with E-state index in [1.165, 1.54) is 12.3 Å². The number of hydrogen-bond donors (Lipinski definition) is 1. The van der Waals surface area contributed by atoms with Gasteiger partial charge >= 0.3 is 5.97 Å². The molecule has 0 amide bonds. The van der Waals surface area contributed by atoms with Crippen LogP contribution in [0.25, 0.3) is 11.5 Å². The van der Waals surface area contributed by atoms with Crippen molar-refractivity contribution in [2.24, 2.45) is 7.05 Å². The van der Waals surface area contributed by atoms with Crippen LogP contribution in [-0.2, 0) is 7.05 Å². The molecule has 96 valence electrons. The minimum atomic E-state index is -1.02. The maximum Gasteiger partial charge on any atom is 0.337 e. The van der Waals surface area contributed by atoms with Gasteiger partial charge in [-0.15, -0.1) is 0 Å². The average Bonchev–Trinajstić information content (AvgIpc) is 2.75. The molecule has 0 aromatic carbocycles. The molecule has 0 bridgehead atoms. The number of carboxylic acids is 1. The van der Waals surface area contributed by atoms with Gasteiger partial charge in [0.1, 0.15) is 0 Å². The topological polar surface area (TPSA) is 68.0 Å². The van der Waals surface area contributed by atoms with Crippen molar-refractivity contribution < 1.29 is 14.3 Å². The summed E-state index contributed by atoms with van der Waals surface area (Å²) in [5, 5.41) is 8.80. The third kappa shape index (κ3) is 2.91. The Morgan fingerprint density at radius 2 is 1.89 bits per heavy atom. The number of aromatic nitrogens is 3. The Kier molecular flexibility index (Phi) is 4.53. The maximum atomic E-state index is 12.6. The highest BCUT2D eigenvalue weighted by Crippen LogP contribution is 2.17. The monoisotopic (exact) mass is 251 g/mol. The van der Waals surface area contributed by atoms with Crippen LogP contribution in [0.2, 0.25) is 0 Å². The van der Waals surface area contributed by atoms with Gasteiger partial charge in [-0.1, -0.05) is 13.8 Å². The SMILES string of the molecule is CC.Cn1cc(C(=O)O)cc1-c1ncc(F)cn1. The molecule has 1 N–H and O–H groups in total. The van der Waals surface area contributed by atoms with E-state index in [1.807, 2.05) is 13.8 Å². The number of hydrogen-bond acceptors (Lipinski definition) is 3. The minimum absolute atomic E-state index is 0.144. The fourth-order valence-corrected chi connectivity index (χ4v) is 1.35. The van der Waals surface area contributed by atoms with Crippen LogP contribution in [0.5, 0.6) is 0 Å². The number of halogens is 1. The maximum absolute atomic E-state index is 12.6. The highest BCUT2D eigenvalue weighted by molar-refractivity contribution is 5.89. The first-order chi connectivity index (χ1) is 8.58. The second-order valence-electron chi connectivity index (χ2n) is 3.25. The van der Waals surface area contributed by atoms with Crippen molar-refractivity contribution in [3.05, 3.63) is 36.0 Å². The highest BCUT2D eigenvalue weighted by Gasteiger charge is 2.12. The Morgan fingerprint density at radius 3 is 2.33 bits per heavy atom. The molecule has 0 aliphatic heterocycles. The molecular weight excluding hydrogens is 237 g/mol. The predicted octanol–water partition coefficient (Wildman–Crippen LogP) is 2.35. The van der Waals surface area contributed by atoms with Crippen molar-refractivity contribution >= 4 is 5.97 Å². The first-order valence-corrected chi connectivity index (χ1v) is 5.45. The fourth-order valence-electron chi connectivity index (χ4n) is 1.35. The molecule has 2 heterocycles. The summed E-state index contributed by atoms with van der Waals surface area (Å²) in [5.41, 5.74) is 0.669. The van der Waals surface area contributed by atoms with Gasteiger partial charge in [-0.25, -0.2) is 19.2 Å². The molecule has 6 heteroatoms. The minimum Gasteiger partial charge on any atom is -0.478 e. The Balaban J connectivity index is 0.000000771. The largest absolute Gasteiger partial charge is 0.478 e. The first-order valence-electron chi connectivity index (χ1n) is 5.45. The van der Waals surface area contributed by atoms with Crippen molar-refractivity contribution in [3.63, 3.8) is 0 Å². The number of carbonyl (C=O) groups is 1. The van der Waals surface area contributed by atoms with Crippen LogP contribution >= 0.6 is 0 Å². The van der Waals surface area contributed by atoms with Crippen LogP contribution in [0, 0.1) is 5.82 Å². The number of aryl methyl sites for hydroxylation is 1. The van der Waals surface area contributed by atoms with Gasteiger partial charge in [0.15, 0.2) is 11.6 Å². The van der Waals surface area contributed by atoms with Gasteiger partial charge in [-0.3, -0.25) is 0 Å². The van der Waals surface area contributed by atoms with E-state index in [9.17, 15) is 9.18 Å². The number of rotatable bonds is 2. The Hall–Kier alpha value is -2.24. The number of aromatic carboxylic acids is 1. The van der Waals surface area contributed by atoms with Gasteiger partial charge in [0.05, 0.1) is 23.7 Å². The molecule has 0 saturated carbocycles. The summed E-state index contributed by atoms with van der Waals surface area (Å²) in [6.45, 7) is 4.00. The summed E-state index contributed by atoms with van der Waals surface area (Å²) in [4.78, 5) is 18.3. The van der Waals surface area contributed by atoms with Crippen LogP contribution in [0.3, 0.4) is 0 Å². The van der Waals surface area contributed by atoms with Crippen LogP contribution < -0.4 is 0 Å². The Bertz CT molecular complexity index is 535. The summed E-state index contributed by atoms with van der Waals surface area (Å²) in [6, 6.07) is 1.44. The van der Waals surface area contributed by atoms with E-state index in [1.54, 1.807) is 11.6 Å². The molecule has 0 saturated heterocycles. The molecule has 18 heavy (non-hydrogen) atoms. The summed E-state index contributed by atoms with van der Waals surface area (Å²) in [5.74, 6) is -1.27. The van der Waals surface area contributed by atoms with E-state index in [0.29, 0.717) is 5.69 Å². The third-order valence-electron chi connectivity index (χ3n) is 2.10. The second kappa shape index (κ2) is 5.90. The summed E-state index contributed by atoms with van der Waals surface area (Å²) in [7, 11) is 1.68. The molecule has 0 aliphatic rings. The molecule has 2 aromatic heterocycles. The lowest BCUT2D eigenvalue weighted by molar-refractivity contribution is 0.0697. The smallest absolute Gasteiger partial charge is 0.337 e. The lowest BCUT2D eigenvalue weighted by Gasteiger charge is -1.99. The molecule has 2 rings (SSSR count). The lowest BCUT2D eigenvalue weighted by Crippen LogP contribution is -1.95. The van der Waals surface area contributed by atoms with Gasteiger partial charge in [0.2, 0.25) is 0 Å². The predicted molar refractivity (Wildman–Crippen MR) is 64.7 cm³/mol. The first kappa shape index (κ1) is 13.8. The van der Waals surface area contributed by atoms with E-state index in [4.69, 9.17) is 5.11 Å². The standard InChI is InChI=1S/C10H8FN3O2.C2H6/c1-14-5-6(10(15)16)2-8(14)9-12-3-7(11)4-13-9;1-2/h2-5H,1H3,(H,15,16);1-2H3. The van der Waals surface area contributed by atoms with Crippen molar-refractivity contribution in [2.45, 2.75) is 13.8 Å². The molecule has 0 atom stereocenters. The van der Waals surface area contributed by atoms with Crippen molar-refractivity contribution in [1.29, 1.82) is 0 Å². The van der Waals surface area contributed by atoms with Gasteiger partial charge in [-0.2, -0.15) is 0 Å². The van der Waals surface area contributed by atoms with Gasteiger partial charge in [0, 0.05) is 13.2 Å². The van der Waals surface area contributed by atoms with Crippen LogP contribution in [-0.4, -0.2) is 25.6 Å². The molecule has 0 radical (unpaired) electrons. The molecule has 2 aromatic rings. The molecule has 0 spiro atoms. The zero-order valence-electron chi connectivity index (χ0n) is 10.4. The van der Waals surface area contributed by atoms with E-state index in [0.717, 1.165) is 12.4 Å². The second-order valence-corrected chi connectivity index (χ2v) is 3.25. The highest BCUT2D eigenvalue weighted by atomic mass is 19.1. The van der Waals surface area contributed by atoms with E-state index in [2.05, 4.69) is 9.97 Å². The van der Waals surface area contributed by atoms with Crippen LogP contribution in [0.4, 0.5) is 4.39 Å². The van der Waals surface area contributed by atoms with Crippen molar-refractivity contribution in [1.82, 2.24) is 14.5 Å². The molecule has 0 aliphatic carbocycles. The molecular formula is C12H14FN3O2. The van der Waals surface area contributed by atoms with Crippen molar-refractivity contribution in [2.75, 3.05) is 0 Å². The van der Waals surface area contributed by atoms with Gasteiger partial charge in [-0.05, 0) is 6.07 Å². The quantitative estimate of drug-likeness (QED) is 0.889. The Morgan fingerprint density at radius 1 is 1.33 bits per heavy atom. The van der Waals surface area contributed by atoms with Crippen molar-refractivity contribution in [3.8, 4) is 11.5 Å². The number of carboxylic acid groups (broad SMARTS) is 1. The fraction of sp³-hybridized carbons (Fsp3) is 0.250. The van der Waals surface area contributed by atoms with Crippen LogP contribution in [0.1, 0.15) is 24.2 Å². The summed E-state index contributed by atoms with van der Waals surface area (Å²) in [6.07, 6.45) is 3.52. The van der Waals surface area contributed by atoms with E-state index in [-0.39, 0.29) is 11.4 Å². The molecule has 0 fully saturated rings. The van der Waals surface area contributed by atoms with E-state index < -0.39 is 11.8 Å². The zero-order valence-corrected chi connectivity index (χ0v) is 10.4. The normalized spacial score (nSPS) is 9.56. The van der Waals surface area contributed by atoms with Gasteiger partial charge in [0.25, 0.3) is 0 Å². The Labute approximate surface area is 104 Å². The van der Waals surface area contributed by atoms with E-state index >= 15 is 0 Å². The summed E-state index contributed by atoms with van der Waals surface area (Å²) >= 11 is 0. The lowest BCUT2D eigenvalue weighted by atomic mass is 10.3. The molecule has 5 nitrogen and oxygen atoms in total. The zero-order chi connectivity index (χ0) is 13.7. The average molecular weight is 251 g/mol. The van der Waals surface area contributed by atoms with Crippen LogP contribution in [0.15, 0.2) is 24.7 Å². The summed E-state index contributed by atoms with van der Waals surface area (Å²) < 4.78 is 14.2. The number of nitrogens with zero attached hydrogens (tertiary/aromatic N) is 3. The molecule has 0 unspecified atom stereocenters. The third-order valence-corrected chi connectivity index (χ3v) is 2.10. The van der Waals surface area contributed by atoms with Gasteiger partial charge < -0.3 is 9.67 Å².